The van der Waals surface area contributed by atoms with Crippen molar-refractivity contribution in [3.8, 4) is 0 Å². The van der Waals surface area contributed by atoms with Gasteiger partial charge in [0.2, 0.25) is 0 Å². The molecule has 3 heteroatoms. The molecule has 0 saturated heterocycles. The minimum absolute atomic E-state index is 0. The summed E-state index contributed by atoms with van der Waals surface area (Å²) in [5, 5.41) is 0. The van der Waals surface area contributed by atoms with Crippen molar-refractivity contribution < 1.29 is 21.3 Å². The largest absolute Gasteiger partial charge is 0.348 e. The number of unbranched alkanes of at least 4 members (excludes halogenated alkanes) is 9. The van der Waals surface area contributed by atoms with Gasteiger partial charge in [-0.05, 0) is 90.8 Å². The maximum atomic E-state index is 9.68. The van der Waals surface area contributed by atoms with E-state index < -0.39 is 0 Å². The molecule has 0 saturated carbocycles. The molecule has 0 heterocycles. The molecule has 0 bridgehead atoms. The van der Waals surface area contributed by atoms with Gasteiger partial charge in [0, 0.05) is 16.5 Å². The van der Waals surface area contributed by atoms with Crippen molar-refractivity contribution in [3.05, 3.63) is 99.6 Å². The summed E-state index contributed by atoms with van der Waals surface area (Å²) in [6.45, 7) is 9.02. The zero-order valence-corrected chi connectivity index (χ0v) is 27.3. The summed E-state index contributed by atoms with van der Waals surface area (Å²) in [6, 6.07) is 18.2. The standard InChI is InChI=1S/C38H54N2.Ni/c1-5-9-13-14-15-16-18-25-36(31-40-39)37(28-12-8-4)38(34-26-19-23-32(29-34)21-11-7-3)35-27-20-24-33(30-35)22-17-10-6-2;/h18-20,23-27,29-30H,5-17,21-22,28H2,1-4H3;. The van der Waals surface area contributed by atoms with E-state index in [1.54, 1.807) is 0 Å². The summed E-state index contributed by atoms with van der Waals surface area (Å²) in [5.41, 5.74) is 18.3. The Hall–Kier alpha value is -2.43. The third kappa shape index (κ3) is 13.9. The molecule has 0 aliphatic heterocycles. The van der Waals surface area contributed by atoms with Gasteiger partial charge >= 0.3 is 5.87 Å². The van der Waals surface area contributed by atoms with E-state index in [0.717, 1.165) is 44.1 Å². The maximum Gasteiger partial charge on any atom is 0.307 e. The Balaban J connectivity index is 0.00000840. The molecule has 226 valence electrons. The Labute approximate surface area is 262 Å². The molecule has 0 atom stereocenters. The zero-order valence-electron chi connectivity index (χ0n) is 26.3. The molecular formula is C38H54N2Ni. The summed E-state index contributed by atoms with van der Waals surface area (Å²) in [5.74, 6) is 2.98. The molecule has 0 amide bonds. The SMILES string of the molecule is CCCCCCCC=CC(=C=[N+]=[N-])C(CCCC)=C(c1cccc(CCCC)c1)c1cccc(CCCCC)c1.[Ni]. The summed E-state index contributed by atoms with van der Waals surface area (Å²) in [7, 11) is 0. The number of benzene rings is 2. The number of allylic oxidation sites excluding steroid dienone is 4. The van der Waals surface area contributed by atoms with Crippen LogP contribution in [0.25, 0.3) is 11.1 Å². The van der Waals surface area contributed by atoms with Crippen LogP contribution < -0.4 is 0 Å². The molecule has 2 aromatic carbocycles. The molecule has 0 fully saturated rings. The van der Waals surface area contributed by atoms with Gasteiger partial charge in [-0.1, -0.05) is 134 Å². The van der Waals surface area contributed by atoms with Gasteiger partial charge in [-0.3, -0.25) is 0 Å². The molecule has 0 spiro atoms. The average Bonchev–Trinajstić information content (AvgIpc) is 2.97. The molecule has 0 aromatic heterocycles. The molecule has 0 aliphatic rings. The predicted octanol–water partition coefficient (Wildman–Crippen LogP) is 11.5. The first kappa shape index (κ1) is 36.6. The van der Waals surface area contributed by atoms with Crippen molar-refractivity contribution in [1.82, 2.24) is 0 Å². The van der Waals surface area contributed by atoms with Gasteiger partial charge in [0.1, 0.15) is 5.57 Å². The second-order valence-electron chi connectivity index (χ2n) is 11.1. The molecule has 0 radical (unpaired) electrons. The van der Waals surface area contributed by atoms with Gasteiger partial charge in [0.15, 0.2) is 0 Å². The number of nitrogens with zero attached hydrogens (tertiary/aromatic N) is 2. The summed E-state index contributed by atoms with van der Waals surface area (Å²) in [4.78, 5) is 3.43. The minimum Gasteiger partial charge on any atom is -0.348 e. The molecule has 2 rings (SSSR count). The number of hydrogen-bond donors (Lipinski definition) is 0. The molecule has 2 aromatic rings. The van der Waals surface area contributed by atoms with Gasteiger partial charge in [-0.15, -0.1) is 4.79 Å². The van der Waals surface area contributed by atoms with E-state index >= 15 is 0 Å². The second kappa shape index (κ2) is 23.2. The first-order valence-corrected chi connectivity index (χ1v) is 16.2. The molecule has 0 N–H and O–H groups in total. The van der Waals surface area contributed by atoms with Crippen LogP contribution in [0.3, 0.4) is 0 Å². The minimum atomic E-state index is 0. The van der Waals surface area contributed by atoms with Crippen molar-refractivity contribution >= 4 is 11.4 Å². The van der Waals surface area contributed by atoms with Crippen LogP contribution in [0.2, 0.25) is 0 Å². The van der Waals surface area contributed by atoms with E-state index in [-0.39, 0.29) is 16.5 Å². The van der Waals surface area contributed by atoms with Gasteiger partial charge in [0.05, 0.1) is 0 Å². The first-order valence-electron chi connectivity index (χ1n) is 16.2. The second-order valence-corrected chi connectivity index (χ2v) is 11.1. The molecule has 2 nitrogen and oxygen atoms in total. The molecule has 0 unspecified atom stereocenters. The quantitative estimate of drug-likeness (QED) is 0.0364. The average molecular weight is 598 g/mol. The van der Waals surface area contributed by atoms with Crippen LogP contribution in [0.4, 0.5) is 0 Å². The van der Waals surface area contributed by atoms with Crippen LogP contribution in [0.1, 0.15) is 140 Å². The fourth-order valence-corrected chi connectivity index (χ4v) is 5.31. The van der Waals surface area contributed by atoms with Crippen LogP contribution in [-0.4, -0.2) is 10.7 Å². The van der Waals surface area contributed by atoms with Crippen molar-refractivity contribution in [3.63, 3.8) is 0 Å². The van der Waals surface area contributed by atoms with Gasteiger partial charge in [-0.25, -0.2) is 0 Å². The number of hydrogen-bond acceptors (Lipinski definition) is 0. The topological polar surface area (TPSA) is 36.4 Å². The van der Waals surface area contributed by atoms with E-state index in [4.69, 9.17) is 0 Å². The van der Waals surface area contributed by atoms with Crippen LogP contribution in [0, 0.1) is 0 Å². The predicted molar refractivity (Wildman–Crippen MR) is 175 cm³/mol. The van der Waals surface area contributed by atoms with E-state index in [2.05, 4.69) is 99.0 Å². The van der Waals surface area contributed by atoms with Crippen molar-refractivity contribution in [1.29, 1.82) is 0 Å². The fourth-order valence-electron chi connectivity index (χ4n) is 5.31. The van der Waals surface area contributed by atoms with Gasteiger partial charge in [0.25, 0.3) is 0 Å². The Morgan fingerprint density at radius 1 is 0.707 bits per heavy atom. The number of aryl methyl sites for hydroxylation is 2. The van der Waals surface area contributed by atoms with E-state index in [0.29, 0.717) is 0 Å². The Kier molecular flexibility index (Phi) is 20.7. The summed E-state index contributed by atoms with van der Waals surface area (Å²) >= 11 is 0. The van der Waals surface area contributed by atoms with Crippen LogP contribution in [0.15, 0.2) is 71.8 Å². The van der Waals surface area contributed by atoms with Crippen LogP contribution in [0.5, 0.6) is 0 Å². The monoisotopic (exact) mass is 596 g/mol. The summed E-state index contributed by atoms with van der Waals surface area (Å²) in [6.07, 6.45) is 23.2. The van der Waals surface area contributed by atoms with E-state index in [1.165, 1.54) is 97.6 Å². The van der Waals surface area contributed by atoms with Gasteiger partial charge < -0.3 is 5.53 Å². The molecular weight excluding hydrogens is 543 g/mol. The third-order valence-corrected chi connectivity index (χ3v) is 7.66. The number of rotatable bonds is 20. The van der Waals surface area contributed by atoms with Crippen LogP contribution in [-0.2, 0) is 29.3 Å². The Morgan fingerprint density at radius 3 is 1.85 bits per heavy atom. The zero-order chi connectivity index (χ0) is 28.8. The van der Waals surface area contributed by atoms with Gasteiger partial charge in [-0.2, -0.15) is 0 Å². The summed E-state index contributed by atoms with van der Waals surface area (Å²) < 4.78 is 0. The van der Waals surface area contributed by atoms with Crippen molar-refractivity contribution in [2.45, 2.75) is 130 Å². The smallest absolute Gasteiger partial charge is 0.307 e. The Bertz CT molecular complexity index is 1150. The normalized spacial score (nSPS) is 11.5. The third-order valence-electron chi connectivity index (χ3n) is 7.66. The first-order chi connectivity index (χ1) is 19.7. The Morgan fingerprint density at radius 2 is 1.27 bits per heavy atom. The van der Waals surface area contributed by atoms with Crippen LogP contribution >= 0.6 is 0 Å². The van der Waals surface area contributed by atoms with E-state index in [9.17, 15) is 5.53 Å². The fraction of sp³-hybridized carbons (Fsp3) is 0.526. The molecule has 41 heavy (non-hydrogen) atoms. The molecule has 0 aliphatic carbocycles. The van der Waals surface area contributed by atoms with Crippen molar-refractivity contribution in [2.75, 3.05) is 0 Å². The van der Waals surface area contributed by atoms with E-state index in [1.807, 2.05) is 0 Å². The maximum absolute atomic E-state index is 9.68. The van der Waals surface area contributed by atoms with Crippen molar-refractivity contribution in [2.24, 2.45) is 0 Å².